The molecule has 1 aromatic carbocycles. The standard InChI is InChI=1S/C12H10FIN2O2/c1-7-5-15-11(18-7)6-16-12(17)9-3-2-8(13)4-10(9)14/h2-5H,6H2,1H3,(H,16,17). The molecule has 94 valence electrons. The summed E-state index contributed by atoms with van der Waals surface area (Å²) >= 11 is 1.92. The molecule has 18 heavy (non-hydrogen) atoms. The van der Waals surface area contributed by atoms with Crippen LogP contribution < -0.4 is 5.32 Å². The second kappa shape index (κ2) is 5.47. The highest BCUT2D eigenvalue weighted by molar-refractivity contribution is 14.1. The maximum absolute atomic E-state index is 12.9. The van der Waals surface area contributed by atoms with Gasteiger partial charge in [0.15, 0.2) is 0 Å². The zero-order chi connectivity index (χ0) is 13.1. The van der Waals surface area contributed by atoms with Crippen LogP contribution in [0.15, 0.2) is 28.8 Å². The Bertz CT molecular complexity index is 583. The first-order valence-electron chi connectivity index (χ1n) is 5.21. The molecule has 1 amide bonds. The molecule has 0 bridgehead atoms. The molecule has 1 aromatic heterocycles. The first-order valence-corrected chi connectivity index (χ1v) is 6.28. The van der Waals surface area contributed by atoms with Gasteiger partial charge in [-0.3, -0.25) is 4.79 Å². The Kier molecular flexibility index (Phi) is 3.95. The number of carbonyl (C=O) groups excluding carboxylic acids is 1. The molecule has 0 aliphatic rings. The van der Waals surface area contributed by atoms with Crippen molar-refractivity contribution in [3.05, 3.63) is 51.0 Å². The van der Waals surface area contributed by atoms with Crippen molar-refractivity contribution in [3.8, 4) is 0 Å². The van der Waals surface area contributed by atoms with Gasteiger partial charge >= 0.3 is 0 Å². The average Bonchev–Trinajstić information content (AvgIpc) is 2.72. The number of amides is 1. The van der Waals surface area contributed by atoms with Gasteiger partial charge in [0.05, 0.1) is 18.3 Å². The fourth-order valence-electron chi connectivity index (χ4n) is 1.41. The van der Waals surface area contributed by atoms with E-state index in [1.54, 1.807) is 13.1 Å². The van der Waals surface area contributed by atoms with E-state index < -0.39 is 0 Å². The average molecular weight is 360 g/mol. The molecular weight excluding hydrogens is 350 g/mol. The number of rotatable bonds is 3. The molecule has 0 atom stereocenters. The van der Waals surface area contributed by atoms with E-state index in [1.807, 2.05) is 22.6 Å². The Labute approximate surface area is 117 Å². The smallest absolute Gasteiger partial charge is 0.252 e. The minimum atomic E-state index is -0.362. The zero-order valence-electron chi connectivity index (χ0n) is 9.54. The number of carbonyl (C=O) groups is 1. The van der Waals surface area contributed by atoms with E-state index in [0.717, 1.165) is 0 Å². The number of halogens is 2. The largest absolute Gasteiger partial charge is 0.444 e. The van der Waals surface area contributed by atoms with E-state index in [1.165, 1.54) is 18.2 Å². The van der Waals surface area contributed by atoms with Gasteiger partial charge in [0.2, 0.25) is 5.89 Å². The van der Waals surface area contributed by atoms with Crippen LogP contribution in [-0.2, 0) is 6.54 Å². The molecule has 0 radical (unpaired) electrons. The number of hydrogen-bond acceptors (Lipinski definition) is 3. The summed E-state index contributed by atoms with van der Waals surface area (Å²) in [4.78, 5) is 15.8. The molecular formula is C12H10FIN2O2. The van der Waals surface area contributed by atoms with E-state index in [-0.39, 0.29) is 18.3 Å². The molecule has 0 aliphatic carbocycles. The molecule has 0 saturated carbocycles. The predicted octanol–water partition coefficient (Wildman–Crippen LogP) is 2.66. The zero-order valence-corrected chi connectivity index (χ0v) is 11.7. The maximum atomic E-state index is 12.9. The molecule has 0 fully saturated rings. The summed E-state index contributed by atoms with van der Waals surface area (Å²) < 4.78 is 18.7. The number of aromatic nitrogens is 1. The Morgan fingerprint density at radius 3 is 2.94 bits per heavy atom. The van der Waals surface area contributed by atoms with Crippen molar-refractivity contribution in [1.29, 1.82) is 0 Å². The van der Waals surface area contributed by atoms with E-state index in [2.05, 4.69) is 10.3 Å². The molecule has 1 N–H and O–H groups in total. The van der Waals surface area contributed by atoms with Crippen LogP contribution in [0.5, 0.6) is 0 Å². The van der Waals surface area contributed by atoms with Crippen molar-refractivity contribution >= 4 is 28.5 Å². The van der Waals surface area contributed by atoms with Gasteiger partial charge in [0.1, 0.15) is 11.6 Å². The summed E-state index contributed by atoms with van der Waals surface area (Å²) in [6.07, 6.45) is 1.59. The Morgan fingerprint density at radius 1 is 1.56 bits per heavy atom. The van der Waals surface area contributed by atoms with Gasteiger partial charge in [-0.25, -0.2) is 9.37 Å². The summed E-state index contributed by atoms with van der Waals surface area (Å²) in [5.41, 5.74) is 0.431. The molecule has 0 unspecified atom stereocenters. The monoisotopic (exact) mass is 360 g/mol. The molecule has 2 aromatic rings. The third-order valence-electron chi connectivity index (χ3n) is 2.25. The highest BCUT2D eigenvalue weighted by Crippen LogP contribution is 2.14. The fourth-order valence-corrected chi connectivity index (χ4v) is 2.13. The lowest BCUT2D eigenvalue weighted by Gasteiger charge is -2.05. The third kappa shape index (κ3) is 3.06. The lowest BCUT2D eigenvalue weighted by molar-refractivity contribution is 0.0946. The van der Waals surface area contributed by atoms with Crippen molar-refractivity contribution in [1.82, 2.24) is 10.3 Å². The number of hydrogen-bond donors (Lipinski definition) is 1. The van der Waals surface area contributed by atoms with Gasteiger partial charge < -0.3 is 9.73 Å². The topological polar surface area (TPSA) is 55.1 Å². The second-order valence-corrected chi connectivity index (χ2v) is 4.83. The lowest BCUT2D eigenvalue weighted by atomic mass is 10.2. The van der Waals surface area contributed by atoms with E-state index >= 15 is 0 Å². The normalized spacial score (nSPS) is 10.4. The van der Waals surface area contributed by atoms with Gasteiger partial charge in [-0.2, -0.15) is 0 Å². The Morgan fingerprint density at radius 2 is 2.33 bits per heavy atom. The predicted molar refractivity (Wildman–Crippen MR) is 71.5 cm³/mol. The van der Waals surface area contributed by atoms with Crippen LogP contribution in [0.4, 0.5) is 4.39 Å². The van der Waals surface area contributed by atoms with Gasteiger partial charge in [0.25, 0.3) is 5.91 Å². The lowest BCUT2D eigenvalue weighted by Crippen LogP contribution is -2.23. The molecule has 0 spiro atoms. The minimum Gasteiger partial charge on any atom is -0.444 e. The van der Waals surface area contributed by atoms with Crippen LogP contribution in [-0.4, -0.2) is 10.9 Å². The van der Waals surface area contributed by atoms with Gasteiger partial charge in [-0.15, -0.1) is 0 Å². The Hall–Kier alpha value is -1.44. The van der Waals surface area contributed by atoms with Crippen LogP contribution in [0.1, 0.15) is 22.0 Å². The number of benzene rings is 1. The number of nitrogens with one attached hydrogen (secondary N) is 1. The number of oxazole rings is 1. The van der Waals surface area contributed by atoms with Crippen LogP contribution in [0, 0.1) is 16.3 Å². The van der Waals surface area contributed by atoms with Crippen LogP contribution in [0.25, 0.3) is 0 Å². The summed E-state index contributed by atoms with van der Waals surface area (Å²) in [6, 6.07) is 4.02. The molecule has 0 aliphatic heterocycles. The van der Waals surface area contributed by atoms with Gasteiger partial charge in [-0.05, 0) is 47.7 Å². The minimum absolute atomic E-state index is 0.208. The highest BCUT2D eigenvalue weighted by atomic mass is 127. The Balaban J connectivity index is 2.03. The third-order valence-corrected chi connectivity index (χ3v) is 3.14. The number of aryl methyl sites for hydroxylation is 1. The summed E-state index contributed by atoms with van der Waals surface area (Å²) in [7, 11) is 0. The van der Waals surface area contributed by atoms with Crippen LogP contribution in [0.3, 0.4) is 0 Å². The van der Waals surface area contributed by atoms with E-state index in [4.69, 9.17) is 4.42 Å². The molecule has 2 rings (SSSR count). The quantitative estimate of drug-likeness (QED) is 0.857. The first-order chi connectivity index (χ1) is 8.56. The molecule has 1 heterocycles. The van der Waals surface area contributed by atoms with Gasteiger partial charge in [0, 0.05) is 3.57 Å². The maximum Gasteiger partial charge on any atom is 0.252 e. The molecule has 6 heteroatoms. The van der Waals surface area contributed by atoms with Crippen LogP contribution in [0.2, 0.25) is 0 Å². The van der Waals surface area contributed by atoms with Gasteiger partial charge in [-0.1, -0.05) is 0 Å². The van der Waals surface area contributed by atoms with Crippen molar-refractivity contribution in [3.63, 3.8) is 0 Å². The molecule has 0 saturated heterocycles. The van der Waals surface area contributed by atoms with E-state index in [0.29, 0.717) is 20.8 Å². The fraction of sp³-hybridized carbons (Fsp3) is 0.167. The highest BCUT2D eigenvalue weighted by Gasteiger charge is 2.11. The van der Waals surface area contributed by atoms with Crippen molar-refractivity contribution in [2.45, 2.75) is 13.5 Å². The molecule has 4 nitrogen and oxygen atoms in total. The second-order valence-electron chi connectivity index (χ2n) is 3.67. The van der Waals surface area contributed by atoms with Crippen molar-refractivity contribution < 1.29 is 13.6 Å². The summed E-state index contributed by atoms with van der Waals surface area (Å²) in [5, 5.41) is 2.67. The van der Waals surface area contributed by atoms with Crippen molar-refractivity contribution in [2.24, 2.45) is 0 Å². The SMILES string of the molecule is Cc1cnc(CNC(=O)c2ccc(F)cc2I)o1. The summed E-state index contributed by atoms with van der Waals surface area (Å²) in [6.45, 7) is 1.99. The van der Waals surface area contributed by atoms with E-state index in [9.17, 15) is 9.18 Å². The van der Waals surface area contributed by atoms with Crippen molar-refractivity contribution in [2.75, 3.05) is 0 Å². The van der Waals surface area contributed by atoms with Crippen LogP contribution >= 0.6 is 22.6 Å². The summed E-state index contributed by atoms with van der Waals surface area (Å²) in [5.74, 6) is 0.489. The first kappa shape index (κ1) is 13.0. The number of nitrogens with zero attached hydrogens (tertiary/aromatic N) is 1.